The first-order chi connectivity index (χ1) is 11.9. The molecule has 136 valence electrons. The number of aliphatic hydroxyl groups excluding tert-OH is 1. The molecule has 1 aromatic heterocycles. The fraction of sp³-hybridized carbons (Fsp3) is 0.529. The van der Waals surface area contributed by atoms with Crippen molar-refractivity contribution >= 4 is 5.91 Å². The van der Waals surface area contributed by atoms with Crippen molar-refractivity contribution in [1.29, 1.82) is 0 Å². The number of hydrogen-bond donors (Lipinski definition) is 2. The summed E-state index contributed by atoms with van der Waals surface area (Å²) in [5.74, 6) is -0.116. The monoisotopic (exact) mass is 349 g/mol. The van der Waals surface area contributed by atoms with E-state index in [9.17, 15) is 14.3 Å². The molecule has 0 aliphatic rings. The van der Waals surface area contributed by atoms with Gasteiger partial charge in [-0.05, 0) is 41.0 Å². The van der Waals surface area contributed by atoms with Crippen LogP contribution >= 0.6 is 0 Å². The van der Waals surface area contributed by atoms with Gasteiger partial charge in [-0.2, -0.15) is 0 Å². The number of hydrogen-bond acceptors (Lipinski definition) is 5. The number of aryl methyl sites for hydroxylation is 1. The molecule has 0 aliphatic carbocycles. The fourth-order valence-electron chi connectivity index (χ4n) is 2.50. The van der Waals surface area contributed by atoms with Crippen LogP contribution in [0.5, 0.6) is 0 Å². The summed E-state index contributed by atoms with van der Waals surface area (Å²) in [6.07, 6.45) is 0.434. The zero-order valence-electron chi connectivity index (χ0n) is 14.7. The number of carbonyl (C=O) groups excluding carboxylic acids is 1. The molecule has 2 rings (SSSR count). The SMILES string of the molecule is CCC(C)C(O)CNC(=O)C(Cc1cccc(F)c1)n1nnnc1C. The molecule has 0 aliphatic heterocycles. The van der Waals surface area contributed by atoms with Crippen molar-refractivity contribution < 1.29 is 14.3 Å². The second-order valence-electron chi connectivity index (χ2n) is 6.22. The molecule has 2 N–H and O–H groups in total. The Morgan fingerprint density at radius 2 is 2.20 bits per heavy atom. The number of carbonyl (C=O) groups is 1. The van der Waals surface area contributed by atoms with Crippen LogP contribution in [-0.2, 0) is 11.2 Å². The standard InChI is InChI=1S/C17H24FN5O2/c1-4-11(2)16(24)10-19-17(25)15(23-12(3)20-21-22-23)9-13-6-5-7-14(18)8-13/h5-8,11,15-16,24H,4,9-10H2,1-3H3,(H,19,25). The Bertz CT molecular complexity index is 706. The van der Waals surface area contributed by atoms with Gasteiger partial charge in [0.2, 0.25) is 5.91 Å². The number of aliphatic hydroxyl groups is 1. The first-order valence-corrected chi connectivity index (χ1v) is 8.37. The van der Waals surface area contributed by atoms with Crippen LogP contribution in [0.15, 0.2) is 24.3 Å². The summed E-state index contributed by atoms with van der Waals surface area (Å²) in [5.41, 5.74) is 0.664. The van der Waals surface area contributed by atoms with Gasteiger partial charge >= 0.3 is 0 Å². The topological polar surface area (TPSA) is 92.9 Å². The highest BCUT2D eigenvalue weighted by Crippen LogP contribution is 2.16. The second-order valence-corrected chi connectivity index (χ2v) is 6.22. The second kappa shape index (κ2) is 8.66. The number of aromatic nitrogens is 4. The molecule has 3 atom stereocenters. The average molecular weight is 349 g/mol. The van der Waals surface area contributed by atoms with Crippen molar-refractivity contribution in [2.45, 2.75) is 45.8 Å². The van der Waals surface area contributed by atoms with Crippen molar-refractivity contribution in [2.75, 3.05) is 6.54 Å². The van der Waals surface area contributed by atoms with Crippen LogP contribution in [0.1, 0.15) is 37.7 Å². The number of benzene rings is 1. The molecule has 8 heteroatoms. The highest BCUT2D eigenvalue weighted by atomic mass is 19.1. The molecule has 3 unspecified atom stereocenters. The Hall–Kier alpha value is -2.35. The molecule has 0 bridgehead atoms. The third-order valence-electron chi connectivity index (χ3n) is 4.36. The van der Waals surface area contributed by atoms with E-state index in [0.29, 0.717) is 11.4 Å². The van der Waals surface area contributed by atoms with E-state index in [0.717, 1.165) is 6.42 Å². The highest BCUT2D eigenvalue weighted by Gasteiger charge is 2.25. The lowest BCUT2D eigenvalue weighted by Crippen LogP contribution is -2.40. The molecule has 0 saturated carbocycles. The van der Waals surface area contributed by atoms with Gasteiger partial charge in [0, 0.05) is 13.0 Å². The van der Waals surface area contributed by atoms with Crippen LogP contribution in [0.4, 0.5) is 4.39 Å². The van der Waals surface area contributed by atoms with Crippen molar-refractivity contribution in [3.63, 3.8) is 0 Å². The number of nitrogens with zero attached hydrogens (tertiary/aromatic N) is 4. The van der Waals surface area contributed by atoms with Crippen LogP contribution in [0, 0.1) is 18.7 Å². The molecule has 7 nitrogen and oxygen atoms in total. The minimum atomic E-state index is -0.721. The molecular formula is C17H24FN5O2. The Balaban J connectivity index is 2.14. The normalized spacial score (nSPS) is 14.8. The largest absolute Gasteiger partial charge is 0.391 e. The number of rotatable bonds is 8. The van der Waals surface area contributed by atoms with Gasteiger partial charge in [0.25, 0.3) is 0 Å². The van der Waals surface area contributed by atoms with Crippen molar-refractivity contribution in [2.24, 2.45) is 5.92 Å². The zero-order valence-corrected chi connectivity index (χ0v) is 14.7. The molecule has 0 fully saturated rings. The molecule has 1 amide bonds. The lowest BCUT2D eigenvalue weighted by Gasteiger charge is -2.21. The number of nitrogens with one attached hydrogen (secondary N) is 1. The van der Waals surface area contributed by atoms with Crippen molar-refractivity contribution in [3.8, 4) is 0 Å². The summed E-state index contributed by atoms with van der Waals surface area (Å²) in [6.45, 7) is 5.74. The summed E-state index contributed by atoms with van der Waals surface area (Å²) in [6, 6.07) is 5.36. The highest BCUT2D eigenvalue weighted by molar-refractivity contribution is 5.80. The van der Waals surface area contributed by atoms with Gasteiger partial charge in [0.05, 0.1) is 6.10 Å². The van der Waals surface area contributed by atoms with Crippen molar-refractivity contribution in [3.05, 3.63) is 41.5 Å². The van der Waals surface area contributed by atoms with Crippen LogP contribution in [-0.4, -0.2) is 43.9 Å². The molecule has 25 heavy (non-hydrogen) atoms. The molecule has 2 aromatic rings. The van der Waals surface area contributed by atoms with Gasteiger partial charge in [0.1, 0.15) is 17.7 Å². The molecular weight excluding hydrogens is 325 g/mol. The Kier molecular flexibility index (Phi) is 6.58. The Morgan fingerprint density at radius 3 is 2.80 bits per heavy atom. The van der Waals surface area contributed by atoms with E-state index >= 15 is 0 Å². The number of amides is 1. The minimum Gasteiger partial charge on any atom is -0.391 e. The molecule has 0 spiro atoms. The number of halogens is 1. The zero-order chi connectivity index (χ0) is 18.4. The van der Waals surface area contributed by atoms with E-state index in [2.05, 4.69) is 20.8 Å². The summed E-state index contributed by atoms with van der Waals surface area (Å²) < 4.78 is 14.9. The van der Waals surface area contributed by atoms with Crippen LogP contribution in [0.3, 0.4) is 0 Å². The molecule has 1 aromatic carbocycles. The third-order valence-corrected chi connectivity index (χ3v) is 4.36. The van der Waals surface area contributed by atoms with Gasteiger partial charge in [-0.15, -0.1) is 5.10 Å². The van der Waals surface area contributed by atoms with Gasteiger partial charge in [-0.3, -0.25) is 4.79 Å². The van der Waals surface area contributed by atoms with Gasteiger partial charge in [-0.1, -0.05) is 32.4 Å². The van der Waals surface area contributed by atoms with E-state index in [1.165, 1.54) is 16.8 Å². The maximum atomic E-state index is 13.4. The lowest BCUT2D eigenvalue weighted by molar-refractivity contribution is -0.125. The minimum absolute atomic E-state index is 0.0803. The maximum Gasteiger partial charge on any atom is 0.245 e. The quantitative estimate of drug-likeness (QED) is 0.752. The predicted molar refractivity (Wildman–Crippen MR) is 90.2 cm³/mol. The average Bonchev–Trinajstić information content (AvgIpc) is 3.02. The molecule has 1 heterocycles. The first-order valence-electron chi connectivity index (χ1n) is 8.37. The number of tetrazole rings is 1. The van der Waals surface area contributed by atoms with Crippen molar-refractivity contribution in [1.82, 2.24) is 25.5 Å². The Labute approximate surface area is 146 Å². The van der Waals surface area contributed by atoms with Gasteiger partial charge < -0.3 is 10.4 Å². The van der Waals surface area contributed by atoms with Gasteiger partial charge in [0.15, 0.2) is 0 Å². The van der Waals surface area contributed by atoms with Crippen LogP contribution in [0.2, 0.25) is 0 Å². The van der Waals surface area contributed by atoms with Crippen LogP contribution < -0.4 is 5.32 Å². The summed E-state index contributed by atoms with van der Waals surface area (Å²) in [4.78, 5) is 12.7. The maximum absolute atomic E-state index is 13.4. The lowest BCUT2D eigenvalue weighted by atomic mass is 10.0. The first kappa shape index (κ1) is 19.0. The third kappa shape index (κ3) is 5.06. The fourth-order valence-corrected chi connectivity index (χ4v) is 2.50. The van der Waals surface area contributed by atoms with E-state index in [1.807, 2.05) is 13.8 Å². The van der Waals surface area contributed by atoms with E-state index in [-0.39, 0.29) is 30.6 Å². The van der Waals surface area contributed by atoms with Gasteiger partial charge in [-0.25, -0.2) is 9.07 Å². The van der Waals surface area contributed by atoms with E-state index in [1.54, 1.807) is 19.1 Å². The van der Waals surface area contributed by atoms with E-state index < -0.39 is 12.1 Å². The Morgan fingerprint density at radius 1 is 1.44 bits per heavy atom. The van der Waals surface area contributed by atoms with Crippen LogP contribution in [0.25, 0.3) is 0 Å². The molecule has 0 saturated heterocycles. The summed E-state index contributed by atoms with van der Waals surface area (Å²) >= 11 is 0. The van der Waals surface area contributed by atoms with E-state index in [4.69, 9.17) is 0 Å². The summed E-state index contributed by atoms with van der Waals surface area (Å²) in [5, 5.41) is 24.1. The predicted octanol–water partition coefficient (Wildman–Crippen LogP) is 1.43. The molecule has 0 radical (unpaired) electrons. The summed E-state index contributed by atoms with van der Waals surface area (Å²) in [7, 11) is 0. The smallest absolute Gasteiger partial charge is 0.245 e.